The third-order valence-electron chi connectivity index (χ3n) is 3.67. The topological polar surface area (TPSA) is 50.7 Å². The molecule has 0 aliphatic carbocycles. The number of ether oxygens (including phenoxy) is 2. The zero-order chi connectivity index (χ0) is 15.5. The van der Waals surface area contributed by atoms with Crippen LogP contribution in [0.3, 0.4) is 0 Å². The standard InChI is InChI=1S/C16H24BrNO3/c1-16(2,3)14(4-5-19)18-10-11-8-12(17)15-13(9-11)20-6-7-21-15/h8-9,14,18-19H,4-7,10H2,1-3H3. The molecule has 1 aliphatic heterocycles. The molecule has 0 saturated heterocycles. The first-order valence-corrected chi connectivity index (χ1v) is 8.13. The van der Waals surface area contributed by atoms with Crippen LogP contribution in [0.1, 0.15) is 32.8 Å². The quantitative estimate of drug-likeness (QED) is 0.849. The molecule has 118 valence electrons. The summed E-state index contributed by atoms with van der Waals surface area (Å²) in [6.07, 6.45) is 0.745. The molecule has 1 aromatic rings. The Bertz CT molecular complexity index is 485. The number of aliphatic hydroxyl groups excluding tert-OH is 1. The minimum Gasteiger partial charge on any atom is -0.486 e. The van der Waals surface area contributed by atoms with Gasteiger partial charge >= 0.3 is 0 Å². The number of nitrogens with one attached hydrogen (secondary N) is 1. The van der Waals surface area contributed by atoms with Crippen LogP contribution in [0.25, 0.3) is 0 Å². The van der Waals surface area contributed by atoms with E-state index >= 15 is 0 Å². The van der Waals surface area contributed by atoms with Gasteiger partial charge in [-0.1, -0.05) is 20.8 Å². The molecule has 0 spiro atoms. The van der Waals surface area contributed by atoms with Gasteiger partial charge in [0, 0.05) is 19.2 Å². The summed E-state index contributed by atoms with van der Waals surface area (Å²) >= 11 is 3.54. The van der Waals surface area contributed by atoms with Crippen LogP contribution in [-0.2, 0) is 6.54 Å². The molecule has 1 aromatic carbocycles. The summed E-state index contributed by atoms with van der Waals surface area (Å²) in [5, 5.41) is 12.7. The van der Waals surface area contributed by atoms with Gasteiger partial charge in [0.25, 0.3) is 0 Å². The second-order valence-electron chi connectivity index (χ2n) is 6.41. The molecular weight excluding hydrogens is 334 g/mol. The number of halogens is 1. The van der Waals surface area contributed by atoms with E-state index in [1.165, 1.54) is 0 Å². The first-order valence-electron chi connectivity index (χ1n) is 7.34. The van der Waals surface area contributed by atoms with Crippen molar-refractivity contribution >= 4 is 15.9 Å². The first kappa shape index (κ1) is 16.6. The summed E-state index contributed by atoms with van der Waals surface area (Å²) < 4.78 is 12.2. The maximum absolute atomic E-state index is 9.22. The van der Waals surface area contributed by atoms with E-state index in [0.29, 0.717) is 13.2 Å². The van der Waals surface area contributed by atoms with Crippen LogP contribution in [0.15, 0.2) is 16.6 Å². The van der Waals surface area contributed by atoms with Gasteiger partial charge in [0.15, 0.2) is 11.5 Å². The fourth-order valence-electron chi connectivity index (χ4n) is 2.48. The van der Waals surface area contributed by atoms with Crippen LogP contribution in [-0.4, -0.2) is 31.0 Å². The zero-order valence-corrected chi connectivity index (χ0v) is 14.5. The maximum atomic E-state index is 9.22. The van der Waals surface area contributed by atoms with E-state index in [1.807, 2.05) is 6.07 Å². The lowest BCUT2D eigenvalue weighted by Crippen LogP contribution is -2.40. The Morgan fingerprint density at radius 1 is 1.29 bits per heavy atom. The molecule has 1 unspecified atom stereocenters. The number of hydrogen-bond donors (Lipinski definition) is 2. The first-order chi connectivity index (χ1) is 9.91. The van der Waals surface area contributed by atoms with E-state index in [2.05, 4.69) is 48.1 Å². The van der Waals surface area contributed by atoms with Gasteiger partial charge < -0.3 is 19.9 Å². The summed E-state index contributed by atoms with van der Waals surface area (Å²) in [5.41, 5.74) is 1.24. The van der Waals surface area contributed by atoms with Gasteiger partial charge in [-0.25, -0.2) is 0 Å². The predicted octanol–water partition coefficient (Wildman–Crippen LogP) is 3.11. The number of fused-ring (bicyclic) bond motifs is 1. The van der Waals surface area contributed by atoms with Gasteiger partial charge in [-0.3, -0.25) is 0 Å². The van der Waals surface area contributed by atoms with E-state index in [4.69, 9.17) is 9.47 Å². The summed E-state index contributed by atoms with van der Waals surface area (Å²) in [5.74, 6) is 1.58. The van der Waals surface area contributed by atoms with Gasteiger partial charge in [-0.2, -0.15) is 0 Å². The van der Waals surface area contributed by atoms with Gasteiger partial charge in [0.05, 0.1) is 4.47 Å². The average Bonchev–Trinajstić information content (AvgIpc) is 2.42. The highest BCUT2D eigenvalue weighted by Gasteiger charge is 2.24. The van der Waals surface area contributed by atoms with Crippen LogP contribution >= 0.6 is 15.9 Å². The molecule has 1 heterocycles. The number of aliphatic hydroxyl groups is 1. The van der Waals surface area contributed by atoms with Crippen LogP contribution in [0.5, 0.6) is 11.5 Å². The highest BCUT2D eigenvalue weighted by Crippen LogP contribution is 2.38. The minimum atomic E-state index is 0.105. The summed E-state index contributed by atoms with van der Waals surface area (Å²) in [6, 6.07) is 4.33. The molecule has 2 rings (SSSR count). The fraction of sp³-hybridized carbons (Fsp3) is 0.625. The van der Waals surface area contributed by atoms with Crippen molar-refractivity contribution in [1.29, 1.82) is 0 Å². The average molecular weight is 358 g/mol. The lowest BCUT2D eigenvalue weighted by atomic mass is 9.85. The fourth-order valence-corrected chi connectivity index (χ4v) is 3.08. The normalized spacial score (nSPS) is 15.9. The molecule has 0 fully saturated rings. The molecule has 21 heavy (non-hydrogen) atoms. The van der Waals surface area contributed by atoms with Crippen molar-refractivity contribution in [3.05, 3.63) is 22.2 Å². The monoisotopic (exact) mass is 357 g/mol. The third-order valence-corrected chi connectivity index (χ3v) is 4.26. The van der Waals surface area contributed by atoms with E-state index in [9.17, 15) is 5.11 Å². The van der Waals surface area contributed by atoms with Crippen molar-refractivity contribution in [2.45, 2.75) is 39.8 Å². The lowest BCUT2D eigenvalue weighted by Gasteiger charge is -2.31. The van der Waals surface area contributed by atoms with E-state index in [-0.39, 0.29) is 18.1 Å². The molecule has 2 N–H and O–H groups in total. The van der Waals surface area contributed by atoms with Gasteiger partial charge in [-0.05, 0) is 45.5 Å². The highest BCUT2D eigenvalue weighted by atomic mass is 79.9. The molecule has 0 aromatic heterocycles. The molecule has 0 bridgehead atoms. The second kappa shape index (κ2) is 6.99. The Morgan fingerprint density at radius 3 is 2.67 bits per heavy atom. The summed E-state index contributed by atoms with van der Waals surface area (Å²) in [7, 11) is 0. The Kier molecular flexibility index (Phi) is 5.52. The zero-order valence-electron chi connectivity index (χ0n) is 12.9. The van der Waals surface area contributed by atoms with Gasteiger partial charge in [-0.15, -0.1) is 0 Å². The smallest absolute Gasteiger partial charge is 0.175 e. The Hall–Kier alpha value is -0.780. The molecule has 5 heteroatoms. The second-order valence-corrected chi connectivity index (χ2v) is 7.27. The van der Waals surface area contributed by atoms with Crippen LogP contribution in [0.4, 0.5) is 0 Å². The van der Waals surface area contributed by atoms with Crippen molar-refractivity contribution in [3.63, 3.8) is 0 Å². The summed E-state index contributed by atoms with van der Waals surface area (Å²) in [4.78, 5) is 0. The number of benzene rings is 1. The Morgan fingerprint density at radius 2 is 2.00 bits per heavy atom. The molecular formula is C16H24BrNO3. The molecule has 4 nitrogen and oxygen atoms in total. The van der Waals surface area contributed by atoms with Crippen molar-refractivity contribution in [2.24, 2.45) is 5.41 Å². The van der Waals surface area contributed by atoms with Crippen molar-refractivity contribution in [3.8, 4) is 11.5 Å². The van der Waals surface area contributed by atoms with Gasteiger partial charge in [0.1, 0.15) is 13.2 Å². The lowest BCUT2D eigenvalue weighted by molar-refractivity contribution is 0.170. The van der Waals surface area contributed by atoms with Crippen molar-refractivity contribution < 1.29 is 14.6 Å². The van der Waals surface area contributed by atoms with Crippen molar-refractivity contribution in [1.82, 2.24) is 5.32 Å². The molecule has 0 radical (unpaired) electrons. The van der Waals surface area contributed by atoms with E-state index in [1.54, 1.807) is 0 Å². The molecule has 0 saturated carbocycles. The Labute approximate surface area is 135 Å². The molecule has 0 amide bonds. The molecule has 1 aliphatic rings. The van der Waals surface area contributed by atoms with Crippen molar-refractivity contribution in [2.75, 3.05) is 19.8 Å². The van der Waals surface area contributed by atoms with E-state index in [0.717, 1.165) is 34.5 Å². The van der Waals surface area contributed by atoms with Crippen LogP contribution < -0.4 is 14.8 Å². The SMILES string of the molecule is CC(C)(C)C(CCO)NCc1cc(Br)c2c(c1)OCCO2. The van der Waals surface area contributed by atoms with Crippen LogP contribution in [0.2, 0.25) is 0 Å². The maximum Gasteiger partial charge on any atom is 0.175 e. The minimum absolute atomic E-state index is 0.105. The Balaban J connectivity index is 2.07. The third kappa shape index (κ3) is 4.34. The van der Waals surface area contributed by atoms with E-state index < -0.39 is 0 Å². The van der Waals surface area contributed by atoms with Gasteiger partial charge in [0.2, 0.25) is 0 Å². The largest absolute Gasteiger partial charge is 0.486 e. The summed E-state index contributed by atoms with van der Waals surface area (Å²) in [6.45, 7) is 8.65. The number of rotatable bonds is 5. The number of hydrogen-bond acceptors (Lipinski definition) is 4. The predicted molar refractivity (Wildman–Crippen MR) is 86.9 cm³/mol. The van der Waals surface area contributed by atoms with Crippen LogP contribution in [0, 0.1) is 5.41 Å². The molecule has 1 atom stereocenters. The highest BCUT2D eigenvalue weighted by molar-refractivity contribution is 9.10.